The monoisotopic (exact) mass is 639 g/mol. The Morgan fingerprint density at radius 2 is 0.780 bits per heavy atom. The summed E-state index contributed by atoms with van der Waals surface area (Å²) in [6, 6.07) is 56.3. The van der Waals surface area contributed by atoms with E-state index in [1.807, 2.05) is 6.20 Å². The first kappa shape index (κ1) is 27.1. The molecule has 0 aliphatic rings. The molecule has 50 heavy (non-hydrogen) atoms. The van der Waals surface area contributed by atoms with Gasteiger partial charge in [0.25, 0.3) is 0 Å². The van der Waals surface area contributed by atoms with Crippen molar-refractivity contribution in [3.8, 4) is 22.9 Å². The van der Waals surface area contributed by atoms with Crippen molar-refractivity contribution in [2.24, 2.45) is 0 Å². The average Bonchev–Trinajstić information content (AvgIpc) is 3.96. The van der Waals surface area contributed by atoms with Crippen molar-refractivity contribution < 1.29 is 0 Å². The molecule has 0 bridgehead atoms. The van der Waals surface area contributed by atoms with Gasteiger partial charge >= 0.3 is 0 Å². The van der Waals surface area contributed by atoms with Gasteiger partial charge in [0.2, 0.25) is 0 Å². The summed E-state index contributed by atoms with van der Waals surface area (Å²) in [5.74, 6) is 0.893. The van der Waals surface area contributed by atoms with Crippen LogP contribution in [0.4, 0.5) is 0 Å². The lowest BCUT2D eigenvalue weighted by atomic mass is 10.1. The number of pyridine rings is 1. The highest BCUT2D eigenvalue weighted by atomic mass is 15.1. The van der Waals surface area contributed by atoms with Gasteiger partial charge in [0.05, 0.1) is 45.0 Å². The number of benzene rings is 6. The molecule has 0 unspecified atom stereocenters. The molecule has 0 N–H and O–H groups in total. The van der Waals surface area contributed by atoms with Crippen LogP contribution in [-0.2, 0) is 0 Å². The first-order valence-electron chi connectivity index (χ1n) is 17.0. The van der Waals surface area contributed by atoms with E-state index in [1.165, 1.54) is 54.4 Å². The van der Waals surface area contributed by atoms with E-state index in [4.69, 9.17) is 4.98 Å². The maximum absolute atomic E-state index is 5.16. The van der Waals surface area contributed by atoms with Crippen LogP contribution in [0, 0.1) is 0 Å². The molecule has 0 atom stereocenters. The number of rotatable bonds is 4. The molecule has 5 heteroatoms. The zero-order chi connectivity index (χ0) is 32.8. The van der Waals surface area contributed by atoms with Crippen molar-refractivity contribution in [2.45, 2.75) is 0 Å². The van der Waals surface area contributed by atoms with Crippen molar-refractivity contribution in [1.29, 1.82) is 0 Å². The van der Waals surface area contributed by atoms with Gasteiger partial charge in [0, 0.05) is 56.1 Å². The summed E-state index contributed by atoms with van der Waals surface area (Å²) in [7, 11) is 0. The second-order valence-corrected chi connectivity index (χ2v) is 12.9. The highest BCUT2D eigenvalue weighted by molar-refractivity contribution is 6.22. The second-order valence-electron chi connectivity index (χ2n) is 12.9. The minimum absolute atomic E-state index is 0.893. The number of aromatic nitrogens is 5. The minimum atomic E-state index is 0.893. The highest BCUT2D eigenvalue weighted by Crippen LogP contribution is 2.40. The number of para-hydroxylation sites is 4. The van der Waals surface area contributed by atoms with E-state index in [1.54, 1.807) is 0 Å². The fourth-order valence-electron chi connectivity index (χ4n) is 8.16. The standard InChI is InChI=1S/C45H29N5/c1-3-11-30(12-4-1)47-27-25-35-37(47)20-22-41-44(35)33-15-7-9-17-39(33)49(41)32-19-24-43(46-29-32)50-40-18-10-8-16-34(40)45-36-26-28-48(31-13-5-2-6-14-31)38(36)21-23-42(45)50/h1-29H. The van der Waals surface area contributed by atoms with Gasteiger partial charge in [-0.3, -0.25) is 4.57 Å². The van der Waals surface area contributed by atoms with E-state index in [9.17, 15) is 0 Å². The first-order chi connectivity index (χ1) is 24.8. The normalized spacial score (nSPS) is 12.0. The fraction of sp³-hybridized carbons (Fsp3) is 0. The maximum atomic E-state index is 5.16. The van der Waals surface area contributed by atoms with Crippen LogP contribution in [0.1, 0.15) is 0 Å². The van der Waals surface area contributed by atoms with Crippen molar-refractivity contribution in [3.63, 3.8) is 0 Å². The Bertz CT molecular complexity index is 2860. The third kappa shape index (κ3) is 3.74. The predicted molar refractivity (Wildman–Crippen MR) is 207 cm³/mol. The zero-order valence-corrected chi connectivity index (χ0v) is 27.0. The molecule has 234 valence electrons. The minimum Gasteiger partial charge on any atom is -0.317 e. The lowest BCUT2D eigenvalue weighted by Crippen LogP contribution is -2.00. The molecule has 0 aliphatic heterocycles. The molecule has 6 aromatic carbocycles. The van der Waals surface area contributed by atoms with Gasteiger partial charge in [-0.2, -0.15) is 0 Å². The summed E-state index contributed by atoms with van der Waals surface area (Å²) in [6.45, 7) is 0. The number of fused-ring (bicyclic) bond motifs is 10. The molecule has 0 radical (unpaired) electrons. The third-order valence-corrected chi connectivity index (χ3v) is 10.3. The lowest BCUT2D eigenvalue weighted by Gasteiger charge is -2.11. The predicted octanol–water partition coefficient (Wildman–Crippen LogP) is 11.2. The number of hydrogen-bond donors (Lipinski definition) is 0. The summed E-state index contributed by atoms with van der Waals surface area (Å²) in [4.78, 5) is 5.16. The van der Waals surface area contributed by atoms with E-state index in [2.05, 4.69) is 188 Å². The van der Waals surface area contributed by atoms with E-state index in [0.717, 1.165) is 33.9 Å². The first-order valence-corrected chi connectivity index (χ1v) is 17.0. The molecule has 0 fully saturated rings. The largest absolute Gasteiger partial charge is 0.317 e. The van der Waals surface area contributed by atoms with Crippen LogP contribution in [0.25, 0.3) is 88.3 Å². The van der Waals surface area contributed by atoms with Crippen LogP contribution < -0.4 is 0 Å². The summed E-state index contributed by atoms with van der Waals surface area (Å²) in [5.41, 5.74) is 10.4. The quantitative estimate of drug-likeness (QED) is 0.189. The molecule has 0 saturated heterocycles. The SMILES string of the molecule is c1ccc(-n2ccc3c4c5ccccc5n(-c5ccc(-n6c7ccccc7c7c8ccn(-c9ccccc9)c8ccc76)nc5)c4ccc32)cc1. The van der Waals surface area contributed by atoms with Gasteiger partial charge in [-0.1, -0.05) is 72.8 Å². The van der Waals surface area contributed by atoms with Crippen LogP contribution in [0.2, 0.25) is 0 Å². The van der Waals surface area contributed by atoms with Crippen molar-refractivity contribution >= 4 is 65.4 Å². The molecule has 0 aliphatic carbocycles. The third-order valence-electron chi connectivity index (χ3n) is 10.3. The Kier molecular flexibility index (Phi) is 5.60. The molecule has 11 rings (SSSR count). The van der Waals surface area contributed by atoms with E-state index in [0.29, 0.717) is 0 Å². The molecular formula is C45H29N5. The molecule has 0 spiro atoms. The van der Waals surface area contributed by atoms with Crippen molar-refractivity contribution in [2.75, 3.05) is 0 Å². The van der Waals surface area contributed by atoms with Crippen molar-refractivity contribution in [3.05, 3.63) is 176 Å². The Balaban J connectivity index is 1.09. The molecule has 5 nitrogen and oxygen atoms in total. The maximum Gasteiger partial charge on any atom is 0.137 e. The Morgan fingerprint density at radius 3 is 1.32 bits per heavy atom. The van der Waals surface area contributed by atoms with Crippen LogP contribution >= 0.6 is 0 Å². The molecule has 0 saturated carbocycles. The summed E-state index contributed by atoms with van der Waals surface area (Å²) < 4.78 is 9.19. The second kappa shape index (κ2) is 10.3. The topological polar surface area (TPSA) is 32.6 Å². The molecule has 5 aromatic heterocycles. The van der Waals surface area contributed by atoms with Gasteiger partial charge < -0.3 is 13.7 Å². The van der Waals surface area contributed by atoms with Crippen LogP contribution in [0.3, 0.4) is 0 Å². The fourth-order valence-corrected chi connectivity index (χ4v) is 8.16. The molecule has 11 aromatic rings. The summed E-state index contributed by atoms with van der Waals surface area (Å²) in [5, 5.41) is 7.42. The lowest BCUT2D eigenvalue weighted by molar-refractivity contribution is 1.05. The van der Waals surface area contributed by atoms with E-state index in [-0.39, 0.29) is 0 Å². The summed E-state index contributed by atoms with van der Waals surface area (Å²) in [6.07, 6.45) is 6.37. The van der Waals surface area contributed by atoms with Gasteiger partial charge in [0.15, 0.2) is 0 Å². The molecular weight excluding hydrogens is 611 g/mol. The average molecular weight is 640 g/mol. The Morgan fingerprint density at radius 1 is 0.320 bits per heavy atom. The van der Waals surface area contributed by atoms with Gasteiger partial charge in [-0.15, -0.1) is 0 Å². The Labute approximate surface area is 287 Å². The van der Waals surface area contributed by atoms with Crippen LogP contribution in [-0.4, -0.2) is 23.3 Å². The molecule has 5 heterocycles. The van der Waals surface area contributed by atoms with E-state index >= 15 is 0 Å². The smallest absolute Gasteiger partial charge is 0.137 e. The van der Waals surface area contributed by atoms with Crippen LogP contribution in [0.15, 0.2) is 176 Å². The number of hydrogen-bond acceptors (Lipinski definition) is 1. The highest BCUT2D eigenvalue weighted by Gasteiger charge is 2.19. The number of nitrogens with zero attached hydrogens (tertiary/aromatic N) is 5. The van der Waals surface area contributed by atoms with Gasteiger partial charge in [-0.25, -0.2) is 4.98 Å². The zero-order valence-electron chi connectivity index (χ0n) is 27.0. The van der Waals surface area contributed by atoms with Gasteiger partial charge in [0.1, 0.15) is 5.82 Å². The van der Waals surface area contributed by atoms with E-state index < -0.39 is 0 Å². The summed E-state index contributed by atoms with van der Waals surface area (Å²) >= 11 is 0. The van der Waals surface area contributed by atoms with Crippen molar-refractivity contribution in [1.82, 2.24) is 23.3 Å². The van der Waals surface area contributed by atoms with Crippen LogP contribution in [0.5, 0.6) is 0 Å². The van der Waals surface area contributed by atoms with Gasteiger partial charge in [-0.05, 0) is 84.9 Å². The Hall–Kier alpha value is -6.85. The molecule has 0 amide bonds.